The molecule has 0 radical (unpaired) electrons. The molecule has 1 saturated heterocycles. The zero-order valence-corrected chi connectivity index (χ0v) is 23.3. The van der Waals surface area contributed by atoms with Crippen molar-refractivity contribution in [2.45, 2.75) is 19.3 Å². The van der Waals surface area contributed by atoms with Crippen LogP contribution in [0.4, 0.5) is 17.1 Å². The highest BCUT2D eigenvalue weighted by Gasteiger charge is 2.36. The summed E-state index contributed by atoms with van der Waals surface area (Å²) in [6, 6.07) is 43.2. The molecule has 41 heavy (non-hydrogen) atoms. The molecule has 4 heteroatoms. The highest BCUT2D eigenvalue weighted by molar-refractivity contribution is 6.62. The topological polar surface area (TPSA) is 21.7 Å². The van der Waals surface area contributed by atoms with Crippen molar-refractivity contribution in [3.63, 3.8) is 0 Å². The van der Waals surface area contributed by atoms with Gasteiger partial charge in [-0.3, -0.25) is 0 Å². The number of anilines is 3. The van der Waals surface area contributed by atoms with Crippen LogP contribution in [0.25, 0.3) is 22.3 Å². The molecule has 5 aromatic carbocycles. The molecule has 1 aliphatic heterocycles. The molecule has 0 amide bonds. The normalized spacial score (nSPS) is 14.7. The monoisotopic (exact) mass is 531 g/mol. The van der Waals surface area contributed by atoms with Gasteiger partial charge in [-0.05, 0) is 69.8 Å². The summed E-state index contributed by atoms with van der Waals surface area (Å²) in [4.78, 5) is 2.31. The molecule has 0 bridgehead atoms. The third-order valence-corrected chi connectivity index (χ3v) is 8.29. The van der Waals surface area contributed by atoms with Crippen molar-refractivity contribution in [1.82, 2.24) is 0 Å². The Balaban J connectivity index is 1.31. The summed E-state index contributed by atoms with van der Waals surface area (Å²) in [5.74, 6) is 0.946. The van der Waals surface area contributed by atoms with Gasteiger partial charge in [-0.1, -0.05) is 112 Å². The summed E-state index contributed by atoms with van der Waals surface area (Å²) >= 11 is 0. The van der Waals surface area contributed by atoms with Gasteiger partial charge in [-0.15, -0.1) is 0 Å². The van der Waals surface area contributed by atoms with Crippen molar-refractivity contribution in [2.75, 3.05) is 4.90 Å². The van der Waals surface area contributed by atoms with Crippen molar-refractivity contribution in [2.24, 2.45) is 0 Å². The summed E-state index contributed by atoms with van der Waals surface area (Å²) in [7, 11) is -0.526. The Morgan fingerprint density at radius 3 is 1.78 bits per heavy atom. The Kier molecular flexibility index (Phi) is 5.86. The van der Waals surface area contributed by atoms with E-state index in [4.69, 9.17) is 9.31 Å². The molecular formula is C37H30BNO2. The molecule has 7 rings (SSSR count). The minimum atomic E-state index is -0.526. The van der Waals surface area contributed by atoms with Crippen molar-refractivity contribution >= 4 is 29.6 Å². The van der Waals surface area contributed by atoms with Crippen LogP contribution in [0, 0.1) is 0 Å². The maximum absolute atomic E-state index is 5.76. The van der Waals surface area contributed by atoms with Crippen LogP contribution in [0.3, 0.4) is 0 Å². The predicted molar refractivity (Wildman–Crippen MR) is 170 cm³/mol. The third kappa shape index (κ3) is 4.24. The average molecular weight is 531 g/mol. The van der Waals surface area contributed by atoms with E-state index in [0.29, 0.717) is 11.5 Å². The van der Waals surface area contributed by atoms with Crippen LogP contribution in [-0.4, -0.2) is 7.12 Å². The highest BCUT2D eigenvalue weighted by Crippen LogP contribution is 2.50. The van der Waals surface area contributed by atoms with E-state index >= 15 is 0 Å². The van der Waals surface area contributed by atoms with Gasteiger partial charge in [0.15, 0.2) is 0 Å². The molecule has 198 valence electrons. The summed E-state index contributed by atoms with van der Waals surface area (Å²) in [6.07, 6.45) is 0. The lowest BCUT2D eigenvalue weighted by atomic mass is 9.79. The van der Waals surface area contributed by atoms with Gasteiger partial charge in [0.05, 0.1) is 0 Å². The summed E-state index contributed by atoms with van der Waals surface area (Å²) in [5, 5.41) is 0. The first-order valence-electron chi connectivity index (χ1n) is 13.9. The van der Waals surface area contributed by atoms with E-state index in [2.05, 4.69) is 135 Å². The molecule has 1 aliphatic carbocycles. The van der Waals surface area contributed by atoms with E-state index in [1.807, 2.05) is 18.2 Å². The predicted octanol–water partition coefficient (Wildman–Crippen LogP) is 8.90. The van der Waals surface area contributed by atoms with Crippen LogP contribution in [0.1, 0.15) is 25.0 Å². The molecule has 1 heterocycles. The minimum absolute atomic E-state index is 0.0867. The molecule has 0 unspecified atom stereocenters. The molecule has 0 spiro atoms. The van der Waals surface area contributed by atoms with Crippen molar-refractivity contribution < 1.29 is 9.31 Å². The molecule has 0 N–H and O–H groups in total. The van der Waals surface area contributed by atoms with E-state index in [1.54, 1.807) is 0 Å². The highest BCUT2D eigenvalue weighted by atomic mass is 16.6. The molecule has 3 nitrogen and oxygen atoms in total. The smallest absolute Gasteiger partial charge is 0.520 e. The van der Waals surface area contributed by atoms with E-state index in [-0.39, 0.29) is 5.41 Å². The fourth-order valence-electron chi connectivity index (χ4n) is 6.04. The van der Waals surface area contributed by atoms with Crippen LogP contribution in [-0.2, 0) is 14.7 Å². The van der Waals surface area contributed by atoms with Gasteiger partial charge < -0.3 is 14.2 Å². The zero-order chi connectivity index (χ0) is 28.1. The number of benzene rings is 5. The standard InChI is InChI=1S/C37H30BNO2/c1-25-26(2)41-38(40-25)29-16-20-31(21-17-29)39(30-18-14-28(15-19-30)27-10-6-5-7-11-27)32-22-23-34-33-12-8-9-13-35(33)37(3,4)36(34)24-32/h5-24H,1-2H2,3-4H3. The Bertz CT molecular complexity index is 1770. The second kappa shape index (κ2) is 9.60. The van der Waals surface area contributed by atoms with E-state index < -0.39 is 7.12 Å². The van der Waals surface area contributed by atoms with Gasteiger partial charge in [-0.25, -0.2) is 0 Å². The number of fused-ring (bicyclic) bond motifs is 3. The molecule has 0 aromatic heterocycles. The first kappa shape index (κ1) is 25.0. The molecule has 0 saturated carbocycles. The van der Waals surface area contributed by atoms with E-state index in [9.17, 15) is 0 Å². The summed E-state index contributed by atoms with van der Waals surface area (Å²) in [5.41, 5.74) is 11.8. The lowest BCUT2D eigenvalue weighted by Gasteiger charge is -2.28. The number of hydrogen-bond donors (Lipinski definition) is 0. The van der Waals surface area contributed by atoms with Gasteiger partial charge in [0.1, 0.15) is 11.5 Å². The molecule has 5 aromatic rings. The van der Waals surface area contributed by atoms with Crippen molar-refractivity contribution in [1.29, 1.82) is 0 Å². The molecule has 2 aliphatic rings. The minimum Gasteiger partial charge on any atom is -0.520 e. The molecule has 0 atom stereocenters. The lowest BCUT2D eigenvalue weighted by molar-refractivity contribution is 0.431. The quantitative estimate of drug-likeness (QED) is 0.212. The van der Waals surface area contributed by atoms with Crippen molar-refractivity contribution in [3.8, 4) is 22.3 Å². The zero-order valence-electron chi connectivity index (χ0n) is 23.3. The summed E-state index contributed by atoms with van der Waals surface area (Å²) in [6.45, 7) is 12.4. The fourth-order valence-corrected chi connectivity index (χ4v) is 6.04. The largest absolute Gasteiger partial charge is 0.632 e. The Morgan fingerprint density at radius 2 is 1.10 bits per heavy atom. The van der Waals surface area contributed by atoms with Gasteiger partial charge >= 0.3 is 7.12 Å². The van der Waals surface area contributed by atoms with Crippen LogP contribution < -0.4 is 10.4 Å². The molecular weight excluding hydrogens is 501 g/mol. The van der Waals surface area contributed by atoms with Crippen LogP contribution in [0.15, 0.2) is 146 Å². The van der Waals surface area contributed by atoms with Gasteiger partial charge in [0.25, 0.3) is 0 Å². The van der Waals surface area contributed by atoms with Gasteiger partial charge in [-0.2, -0.15) is 0 Å². The number of hydrogen-bond acceptors (Lipinski definition) is 3. The van der Waals surface area contributed by atoms with Gasteiger partial charge in [0.2, 0.25) is 0 Å². The van der Waals surface area contributed by atoms with Gasteiger partial charge in [0, 0.05) is 27.9 Å². The van der Waals surface area contributed by atoms with E-state index in [0.717, 1.165) is 22.5 Å². The Labute approximate surface area is 242 Å². The Morgan fingerprint density at radius 1 is 0.561 bits per heavy atom. The maximum Gasteiger partial charge on any atom is 0.632 e. The average Bonchev–Trinajstić information content (AvgIpc) is 3.46. The number of nitrogens with zero attached hydrogens (tertiary/aromatic N) is 1. The number of rotatable bonds is 5. The second-order valence-electron chi connectivity index (χ2n) is 11.2. The first-order valence-corrected chi connectivity index (χ1v) is 13.9. The maximum atomic E-state index is 5.76. The van der Waals surface area contributed by atoms with Crippen LogP contribution >= 0.6 is 0 Å². The van der Waals surface area contributed by atoms with Crippen LogP contribution in [0.2, 0.25) is 0 Å². The lowest BCUT2D eigenvalue weighted by Crippen LogP contribution is -2.31. The molecule has 1 fully saturated rings. The van der Waals surface area contributed by atoms with Crippen LogP contribution in [0.5, 0.6) is 0 Å². The van der Waals surface area contributed by atoms with E-state index in [1.165, 1.54) is 33.4 Å². The first-order chi connectivity index (χ1) is 19.9. The SMILES string of the molecule is C=C1OB(c2ccc(N(c3ccc(-c4ccccc4)cc3)c3ccc4c(c3)C(C)(C)c3ccccc3-4)cc2)OC1=C. The fraction of sp³-hybridized carbons (Fsp3) is 0.0811. The third-order valence-electron chi connectivity index (χ3n) is 8.29. The summed E-state index contributed by atoms with van der Waals surface area (Å²) < 4.78 is 11.5. The van der Waals surface area contributed by atoms with Crippen molar-refractivity contribution in [3.05, 3.63) is 157 Å². The second-order valence-corrected chi connectivity index (χ2v) is 11.2. The Hall–Kier alpha value is -4.96.